The van der Waals surface area contributed by atoms with Gasteiger partial charge in [-0.2, -0.15) is 0 Å². The Hall–Kier alpha value is -1.11. The fraction of sp³-hybridized carbons (Fsp3) is 0.462. The fourth-order valence-electron chi connectivity index (χ4n) is 1.60. The van der Waals surface area contributed by atoms with Gasteiger partial charge < -0.3 is 0 Å². The number of hydrogen-bond donors (Lipinski definition) is 0. The van der Waals surface area contributed by atoms with Crippen LogP contribution in [0.3, 0.4) is 0 Å². The number of rotatable bonds is 4. The number of hydrogen-bond acceptors (Lipinski definition) is 1. The maximum Gasteiger partial charge on any atom is 0.162 e. The lowest BCUT2D eigenvalue weighted by molar-refractivity contribution is 0.0987. The second-order valence-electron chi connectivity index (χ2n) is 4.03. The molecule has 1 nitrogen and oxygen atoms in total. The minimum Gasteiger partial charge on any atom is -0.294 e. The quantitative estimate of drug-likeness (QED) is 0.664. The van der Waals surface area contributed by atoms with Crippen molar-refractivity contribution in [2.45, 2.75) is 33.6 Å². The van der Waals surface area contributed by atoms with Crippen LogP contribution in [0.5, 0.6) is 0 Å². The molecular formula is C13H18O. The van der Waals surface area contributed by atoms with Crippen LogP contribution in [-0.4, -0.2) is 5.78 Å². The lowest BCUT2D eigenvalue weighted by Gasteiger charge is -2.09. The zero-order valence-corrected chi connectivity index (χ0v) is 9.21. The molecule has 0 unspecified atom stereocenters. The summed E-state index contributed by atoms with van der Waals surface area (Å²) >= 11 is 0. The summed E-state index contributed by atoms with van der Waals surface area (Å²) < 4.78 is 0. The van der Waals surface area contributed by atoms with Gasteiger partial charge in [0.1, 0.15) is 0 Å². The van der Waals surface area contributed by atoms with Crippen molar-refractivity contribution < 1.29 is 4.79 Å². The molecule has 76 valence electrons. The lowest BCUT2D eigenvalue weighted by Crippen LogP contribution is -2.04. The van der Waals surface area contributed by atoms with Gasteiger partial charge in [0.15, 0.2) is 5.78 Å². The van der Waals surface area contributed by atoms with Gasteiger partial charge in [0.05, 0.1) is 0 Å². The molecule has 14 heavy (non-hydrogen) atoms. The minimum atomic E-state index is 0.251. The van der Waals surface area contributed by atoms with Crippen LogP contribution >= 0.6 is 0 Å². The molecule has 0 aliphatic heterocycles. The molecule has 0 aliphatic rings. The molecule has 1 aromatic rings. The van der Waals surface area contributed by atoms with Crippen molar-refractivity contribution in [1.82, 2.24) is 0 Å². The van der Waals surface area contributed by atoms with E-state index in [4.69, 9.17) is 0 Å². The van der Waals surface area contributed by atoms with E-state index in [0.29, 0.717) is 12.3 Å². The highest BCUT2D eigenvalue weighted by Crippen LogP contribution is 2.15. The summed E-state index contributed by atoms with van der Waals surface area (Å²) in [6.07, 6.45) is 1.58. The normalized spacial score (nSPS) is 10.6. The predicted octanol–water partition coefficient (Wildman–Crippen LogP) is 3.48. The summed E-state index contributed by atoms with van der Waals surface area (Å²) in [4.78, 5) is 11.6. The Labute approximate surface area is 86.1 Å². The molecule has 0 amide bonds. The monoisotopic (exact) mass is 190 g/mol. The molecule has 0 spiro atoms. The van der Waals surface area contributed by atoms with Crippen molar-refractivity contribution in [3.63, 3.8) is 0 Å². The van der Waals surface area contributed by atoms with Gasteiger partial charge in [-0.05, 0) is 17.9 Å². The number of ketones is 1. The largest absolute Gasteiger partial charge is 0.294 e. The van der Waals surface area contributed by atoms with Gasteiger partial charge in [-0.3, -0.25) is 4.79 Å². The van der Waals surface area contributed by atoms with Crippen molar-refractivity contribution >= 4 is 5.78 Å². The minimum absolute atomic E-state index is 0.251. The summed E-state index contributed by atoms with van der Waals surface area (Å²) in [6, 6.07) is 7.93. The van der Waals surface area contributed by atoms with E-state index in [9.17, 15) is 4.79 Å². The number of carbonyl (C=O) groups excluding carboxylic acids is 1. The van der Waals surface area contributed by atoms with Crippen molar-refractivity contribution in [2.75, 3.05) is 0 Å². The van der Waals surface area contributed by atoms with Gasteiger partial charge in [0.25, 0.3) is 0 Å². The highest BCUT2D eigenvalue weighted by molar-refractivity contribution is 5.97. The fourth-order valence-corrected chi connectivity index (χ4v) is 1.60. The number of Topliss-reactive ketones (excluding diaryl/α,β-unsaturated/α-hetero) is 1. The molecule has 0 saturated heterocycles. The Morgan fingerprint density at radius 1 is 1.29 bits per heavy atom. The first kappa shape index (κ1) is 11.0. The van der Waals surface area contributed by atoms with Crippen molar-refractivity contribution in [2.24, 2.45) is 5.92 Å². The van der Waals surface area contributed by atoms with E-state index in [1.807, 2.05) is 25.1 Å². The molecule has 0 atom stereocenters. The van der Waals surface area contributed by atoms with Gasteiger partial charge in [-0.15, -0.1) is 0 Å². The summed E-state index contributed by atoms with van der Waals surface area (Å²) in [5.74, 6) is 0.849. The first-order valence-corrected chi connectivity index (χ1v) is 5.26. The summed E-state index contributed by atoms with van der Waals surface area (Å²) in [5, 5.41) is 0. The van der Waals surface area contributed by atoms with Crippen LogP contribution in [-0.2, 0) is 6.42 Å². The maximum atomic E-state index is 11.6. The van der Waals surface area contributed by atoms with Crippen LogP contribution in [0.2, 0.25) is 0 Å². The van der Waals surface area contributed by atoms with E-state index in [1.165, 1.54) is 5.56 Å². The van der Waals surface area contributed by atoms with Crippen molar-refractivity contribution in [1.29, 1.82) is 0 Å². The SMILES string of the molecule is CCC(=O)c1ccccc1CC(C)C. The van der Waals surface area contributed by atoms with Crippen LogP contribution in [0.25, 0.3) is 0 Å². The maximum absolute atomic E-state index is 11.6. The molecule has 1 rings (SSSR count). The molecule has 0 heterocycles. The zero-order chi connectivity index (χ0) is 10.6. The summed E-state index contributed by atoms with van der Waals surface area (Å²) in [7, 11) is 0. The molecule has 0 aromatic heterocycles. The van der Waals surface area contributed by atoms with Crippen LogP contribution in [0, 0.1) is 5.92 Å². The van der Waals surface area contributed by atoms with Crippen molar-refractivity contribution in [3.05, 3.63) is 35.4 Å². The third-order valence-electron chi connectivity index (χ3n) is 2.27. The Kier molecular flexibility index (Phi) is 3.87. The first-order valence-electron chi connectivity index (χ1n) is 5.26. The number of benzene rings is 1. The molecule has 0 N–H and O–H groups in total. The summed E-state index contributed by atoms with van der Waals surface area (Å²) in [5.41, 5.74) is 2.10. The Morgan fingerprint density at radius 3 is 2.50 bits per heavy atom. The van der Waals surface area contributed by atoms with E-state index >= 15 is 0 Å². The third kappa shape index (κ3) is 2.69. The molecule has 0 radical (unpaired) electrons. The second-order valence-corrected chi connectivity index (χ2v) is 4.03. The van der Waals surface area contributed by atoms with E-state index in [1.54, 1.807) is 0 Å². The number of carbonyl (C=O) groups is 1. The molecule has 0 aliphatic carbocycles. The van der Waals surface area contributed by atoms with Gasteiger partial charge in [0.2, 0.25) is 0 Å². The first-order chi connectivity index (χ1) is 6.65. The Balaban J connectivity index is 2.97. The third-order valence-corrected chi connectivity index (χ3v) is 2.27. The van der Waals surface area contributed by atoms with Gasteiger partial charge in [-0.25, -0.2) is 0 Å². The van der Waals surface area contributed by atoms with E-state index in [2.05, 4.69) is 19.9 Å². The van der Waals surface area contributed by atoms with Gasteiger partial charge >= 0.3 is 0 Å². The standard InChI is InChI=1S/C13H18O/c1-4-13(14)12-8-6-5-7-11(12)9-10(2)3/h5-8,10H,4,9H2,1-3H3. The Bertz CT molecular complexity index is 313. The van der Waals surface area contributed by atoms with E-state index < -0.39 is 0 Å². The van der Waals surface area contributed by atoms with Crippen molar-refractivity contribution in [3.8, 4) is 0 Å². The van der Waals surface area contributed by atoms with Crippen LogP contribution in [0.1, 0.15) is 43.1 Å². The highest BCUT2D eigenvalue weighted by Gasteiger charge is 2.09. The molecule has 1 aromatic carbocycles. The Morgan fingerprint density at radius 2 is 1.93 bits per heavy atom. The van der Waals surface area contributed by atoms with E-state index in [0.717, 1.165) is 12.0 Å². The van der Waals surface area contributed by atoms with Crippen LogP contribution in [0.15, 0.2) is 24.3 Å². The van der Waals surface area contributed by atoms with E-state index in [-0.39, 0.29) is 5.78 Å². The smallest absolute Gasteiger partial charge is 0.162 e. The topological polar surface area (TPSA) is 17.1 Å². The lowest BCUT2D eigenvalue weighted by atomic mass is 9.95. The second kappa shape index (κ2) is 4.94. The molecule has 0 fully saturated rings. The van der Waals surface area contributed by atoms with Gasteiger partial charge in [0, 0.05) is 12.0 Å². The van der Waals surface area contributed by atoms with Crippen LogP contribution in [0.4, 0.5) is 0 Å². The predicted molar refractivity (Wildman–Crippen MR) is 59.6 cm³/mol. The molecule has 1 heteroatoms. The van der Waals surface area contributed by atoms with Crippen LogP contribution < -0.4 is 0 Å². The molecule has 0 saturated carbocycles. The molecule has 0 bridgehead atoms. The average molecular weight is 190 g/mol. The van der Waals surface area contributed by atoms with Gasteiger partial charge in [-0.1, -0.05) is 45.0 Å². The summed E-state index contributed by atoms with van der Waals surface area (Å²) in [6.45, 7) is 6.26. The highest BCUT2D eigenvalue weighted by atomic mass is 16.1. The molecular weight excluding hydrogens is 172 g/mol. The zero-order valence-electron chi connectivity index (χ0n) is 9.21. The average Bonchev–Trinajstić information content (AvgIpc) is 2.16.